The zero-order valence-corrected chi connectivity index (χ0v) is 13.1. The first kappa shape index (κ1) is 16.3. The molecule has 0 radical (unpaired) electrons. The second kappa shape index (κ2) is 8.46. The van der Waals surface area contributed by atoms with Crippen LogP contribution in [0.4, 0.5) is 0 Å². The summed E-state index contributed by atoms with van der Waals surface area (Å²) < 4.78 is 0. The highest BCUT2D eigenvalue weighted by molar-refractivity contribution is 7.98. The molecule has 0 bridgehead atoms. The summed E-state index contributed by atoms with van der Waals surface area (Å²) in [7, 11) is 0. The third kappa shape index (κ3) is 4.71. The summed E-state index contributed by atoms with van der Waals surface area (Å²) in [5.74, 6) is 1.27. The minimum absolute atomic E-state index is 0.0196. The van der Waals surface area contributed by atoms with Gasteiger partial charge in [-0.05, 0) is 38.2 Å². The van der Waals surface area contributed by atoms with Crippen LogP contribution in [-0.4, -0.2) is 47.4 Å². The normalized spacial score (nSPS) is 23.6. The van der Waals surface area contributed by atoms with Crippen molar-refractivity contribution in [3.05, 3.63) is 0 Å². The van der Waals surface area contributed by atoms with Gasteiger partial charge in [0, 0.05) is 6.54 Å². The summed E-state index contributed by atoms with van der Waals surface area (Å²) in [6, 6.07) is -0.637. The Morgan fingerprint density at radius 3 is 2.53 bits per heavy atom. The molecule has 0 aromatic rings. The number of amides is 2. The molecule has 2 unspecified atom stereocenters. The molecule has 5 heteroatoms. The lowest BCUT2D eigenvalue weighted by Crippen LogP contribution is -2.62. The van der Waals surface area contributed by atoms with Crippen LogP contribution in [0.2, 0.25) is 0 Å². The average molecular weight is 286 g/mol. The van der Waals surface area contributed by atoms with E-state index in [0.29, 0.717) is 13.0 Å². The zero-order chi connectivity index (χ0) is 14.3. The molecule has 1 N–H and O–H groups in total. The van der Waals surface area contributed by atoms with E-state index in [0.717, 1.165) is 12.8 Å². The topological polar surface area (TPSA) is 49.4 Å². The van der Waals surface area contributed by atoms with Gasteiger partial charge in [0.1, 0.15) is 12.1 Å². The fraction of sp³-hybridized carbons (Fsp3) is 0.857. The fourth-order valence-electron chi connectivity index (χ4n) is 2.35. The van der Waals surface area contributed by atoms with Crippen molar-refractivity contribution in [2.24, 2.45) is 0 Å². The van der Waals surface area contributed by atoms with Gasteiger partial charge < -0.3 is 10.2 Å². The molecule has 1 rings (SSSR count). The van der Waals surface area contributed by atoms with E-state index in [9.17, 15) is 9.59 Å². The van der Waals surface area contributed by atoms with Crippen molar-refractivity contribution in [2.45, 2.75) is 58.0 Å². The van der Waals surface area contributed by atoms with Gasteiger partial charge in [-0.2, -0.15) is 11.8 Å². The number of piperazine rings is 1. The highest BCUT2D eigenvalue weighted by Gasteiger charge is 2.36. The van der Waals surface area contributed by atoms with Crippen LogP contribution < -0.4 is 5.32 Å². The summed E-state index contributed by atoms with van der Waals surface area (Å²) >= 11 is 1.87. The molecule has 2 amide bonds. The molecular formula is C14H26N2O2S. The summed E-state index contributed by atoms with van der Waals surface area (Å²) in [4.78, 5) is 25.7. The largest absolute Gasteiger partial charge is 0.343 e. The van der Waals surface area contributed by atoms with Gasteiger partial charge in [0.25, 0.3) is 0 Å². The first-order valence-electron chi connectivity index (χ1n) is 7.21. The van der Waals surface area contributed by atoms with Crippen molar-refractivity contribution in [1.29, 1.82) is 0 Å². The molecule has 19 heavy (non-hydrogen) atoms. The zero-order valence-electron chi connectivity index (χ0n) is 12.3. The Morgan fingerprint density at radius 1 is 1.21 bits per heavy atom. The molecule has 0 saturated carbocycles. The maximum absolute atomic E-state index is 12.2. The van der Waals surface area contributed by atoms with Crippen LogP contribution in [0.3, 0.4) is 0 Å². The van der Waals surface area contributed by atoms with Gasteiger partial charge in [0.05, 0.1) is 0 Å². The second-order valence-corrected chi connectivity index (χ2v) is 6.07. The van der Waals surface area contributed by atoms with E-state index >= 15 is 0 Å². The van der Waals surface area contributed by atoms with Crippen LogP contribution in [0.15, 0.2) is 0 Å². The first-order chi connectivity index (χ1) is 9.11. The van der Waals surface area contributed by atoms with Crippen LogP contribution >= 0.6 is 11.8 Å². The molecular weight excluding hydrogens is 260 g/mol. The van der Waals surface area contributed by atoms with Crippen molar-refractivity contribution >= 4 is 23.6 Å². The lowest BCUT2D eigenvalue weighted by atomic mass is 10.1. The molecule has 1 heterocycles. The van der Waals surface area contributed by atoms with Crippen LogP contribution in [0, 0.1) is 0 Å². The molecule has 1 saturated heterocycles. The van der Waals surface area contributed by atoms with Gasteiger partial charge in [-0.1, -0.05) is 19.8 Å². The lowest BCUT2D eigenvalue weighted by molar-refractivity contribution is -0.148. The Balaban J connectivity index is 2.36. The number of unbranched alkanes of at least 4 members (excludes halogenated alkanes) is 3. The number of carbonyl (C=O) groups is 2. The van der Waals surface area contributed by atoms with E-state index < -0.39 is 0 Å². The molecule has 2 atom stereocenters. The summed E-state index contributed by atoms with van der Waals surface area (Å²) in [6.45, 7) is 4.45. The average Bonchev–Trinajstić information content (AvgIpc) is 2.41. The molecule has 0 spiro atoms. The summed E-state index contributed by atoms with van der Waals surface area (Å²) in [6.07, 6.45) is 7.37. The van der Waals surface area contributed by atoms with E-state index in [1.54, 1.807) is 4.90 Å². The molecule has 0 aromatic heterocycles. The second-order valence-electron chi connectivity index (χ2n) is 5.08. The van der Waals surface area contributed by atoms with E-state index in [4.69, 9.17) is 0 Å². The van der Waals surface area contributed by atoms with Gasteiger partial charge in [0.15, 0.2) is 0 Å². The van der Waals surface area contributed by atoms with Gasteiger partial charge in [-0.15, -0.1) is 0 Å². The van der Waals surface area contributed by atoms with Crippen molar-refractivity contribution in [1.82, 2.24) is 10.2 Å². The Kier molecular flexibility index (Phi) is 7.28. The number of nitrogens with zero attached hydrogens (tertiary/aromatic N) is 1. The number of rotatable bonds is 8. The SMILES string of the molecule is CCC1NC(=O)C(C)N(CCCCCCSC)C1=O. The first-order valence-corrected chi connectivity index (χ1v) is 8.61. The van der Waals surface area contributed by atoms with Crippen LogP contribution in [-0.2, 0) is 9.59 Å². The maximum Gasteiger partial charge on any atom is 0.245 e. The summed E-state index contributed by atoms with van der Waals surface area (Å²) in [5.41, 5.74) is 0. The van der Waals surface area contributed by atoms with Crippen LogP contribution in [0.25, 0.3) is 0 Å². The smallest absolute Gasteiger partial charge is 0.245 e. The highest BCUT2D eigenvalue weighted by atomic mass is 32.2. The van der Waals surface area contributed by atoms with Crippen molar-refractivity contribution < 1.29 is 9.59 Å². The lowest BCUT2D eigenvalue weighted by Gasteiger charge is -2.37. The molecule has 1 aliphatic rings. The Hall–Kier alpha value is -0.710. The predicted molar refractivity (Wildman–Crippen MR) is 80.2 cm³/mol. The predicted octanol–water partition coefficient (Wildman–Crippen LogP) is 2.04. The molecule has 110 valence electrons. The highest BCUT2D eigenvalue weighted by Crippen LogP contribution is 2.14. The Labute approximate surface area is 120 Å². The van der Waals surface area contributed by atoms with E-state index in [1.807, 2.05) is 25.6 Å². The van der Waals surface area contributed by atoms with Crippen molar-refractivity contribution in [2.75, 3.05) is 18.6 Å². The van der Waals surface area contributed by atoms with Crippen LogP contribution in [0.1, 0.15) is 46.0 Å². The monoisotopic (exact) mass is 286 g/mol. The third-order valence-electron chi connectivity index (χ3n) is 3.65. The van der Waals surface area contributed by atoms with Gasteiger partial charge in [0.2, 0.25) is 11.8 Å². The van der Waals surface area contributed by atoms with Crippen molar-refractivity contribution in [3.63, 3.8) is 0 Å². The quantitative estimate of drug-likeness (QED) is 0.695. The molecule has 1 fully saturated rings. The number of carbonyl (C=O) groups excluding carboxylic acids is 2. The van der Waals surface area contributed by atoms with Gasteiger partial charge in [-0.3, -0.25) is 9.59 Å². The fourth-order valence-corrected chi connectivity index (χ4v) is 2.84. The Bertz CT molecular complexity index is 310. The number of thioether (sulfide) groups is 1. The van der Waals surface area contributed by atoms with Crippen LogP contribution in [0.5, 0.6) is 0 Å². The molecule has 1 aliphatic heterocycles. The third-order valence-corrected chi connectivity index (χ3v) is 4.35. The minimum atomic E-state index is -0.319. The minimum Gasteiger partial charge on any atom is -0.343 e. The molecule has 4 nitrogen and oxygen atoms in total. The van der Waals surface area contributed by atoms with E-state index in [2.05, 4.69) is 11.6 Å². The maximum atomic E-state index is 12.2. The molecule has 0 aliphatic carbocycles. The van der Waals surface area contributed by atoms with Gasteiger partial charge >= 0.3 is 0 Å². The number of hydrogen-bond acceptors (Lipinski definition) is 3. The number of hydrogen-bond donors (Lipinski definition) is 1. The van der Waals surface area contributed by atoms with E-state index in [1.165, 1.54) is 18.6 Å². The van der Waals surface area contributed by atoms with E-state index in [-0.39, 0.29) is 23.9 Å². The summed E-state index contributed by atoms with van der Waals surface area (Å²) in [5, 5.41) is 2.78. The standard InChI is InChI=1S/C14H26N2O2S/c1-4-12-14(18)16(11(2)13(17)15-12)9-7-5-6-8-10-19-3/h11-12H,4-10H2,1-3H3,(H,15,17). The Morgan fingerprint density at radius 2 is 1.89 bits per heavy atom. The van der Waals surface area contributed by atoms with Gasteiger partial charge in [-0.25, -0.2) is 0 Å². The van der Waals surface area contributed by atoms with Crippen molar-refractivity contribution in [3.8, 4) is 0 Å². The number of nitrogens with one attached hydrogen (secondary N) is 1. The molecule has 0 aromatic carbocycles.